The van der Waals surface area contributed by atoms with E-state index in [9.17, 15) is 25.2 Å². The van der Waals surface area contributed by atoms with E-state index < -0.39 is 49.0 Å². The van der Waals surface area contributed by atoms with Gasteiger partial charge in [-0.2, -0.15) is 0 Å². The molecule has 0 spiro atoms. The second-order valence-corrected chi connectivity index (χ2v) is 10.9. The second-order valence-electron chi connectivity index (χ2n) is 10.9. The first-order valence-corrected chi connectivity index (χ1v) is 13.2. The van der Waals surface area contributed by atoms with Gasteiger partial charge in [-0.25, -0.2) is 0 Å². The number of benzene rings is 2. The lowest BCUT2D eigenvalue weighted by Crippen LogP contribution is -2.61. The van der Waals surface area contributed by atoms with Crippen LogP contribution in [0.1, 0.15) is 25.2 Å². The third-order valence-corrected chi connectivity index (χ3v) is 8.01. The summed E-state index contributed by atoms with van der Waals surface area (Å²) in [4.78, 5) is 13.8. The van der Waals surface area contributed by atoms with Crippen LogP contribution in [0.5, 0.6) is 23.0 Å². The fourth-order valence-electron chi connectivity index (χ4n) is 5.64. The van der Waals surface area contributed by atoms with Gasteiger partial charge in [-0.1, -0.05) is 0 Å². The lowest BCUT2D eigenvalue weighted by atomic mass is 9.94. The van der Waals surface area contributed by atoms with Crippen molar-refractivity contribution < 1.29 is 53.3 Å². The molecule has 4 heterocycles. The van der Waals surface area contributed by atoms with E-state index in [1.54, 1.807) is 38.1 Å². The van der Waals surface area contributed by atoms with Gasteiger partial charge < -0.3 is 53.3 Å². The van der Waals surface area contributed by atoms with Crippen molar-refractivity contribution in [1.82, 2.24) is 0 Å². The molecule has 220 valence electrons. The lowest BCUT2D eigenvalue weighted by Gasteiger charge is -2.43. The monoisotopic (exact) mass is 572 g/mol. The molecule has 0 saturated carbocycles. The van der Waals surface area contributed by atoms with Gasteiger partial charge in [-0.05, 0) is 32.0 Å². The molecule has 6 rings (SSSR count). The van der Waals surface area contributed by atoms with E-state index in [0.717, 1.165) is 0 Å². The van der Waals surface area contributed by atoms with Crippen LogP contribution in [0.2, 0.25) is 0 Å². The Hall–Kier alpha value is -3.39. The van der Waals surface area contributed by atoms with E-state index >= 15 is 0 Å². The van der Waals surface area contributed by atoms with Crippen LogP contribution in [0, 0.1) is 0 Å². The molecule has 12 nitrogen and oxygen atoms in total. The first kappa shape index (κ1) is 27.8. The summed E-state index contributed by atoms with van der Waals surface area (Å²) >= 11 is 0. The Balaban J connectivity index is 1.32. The summed E-state index contributed by atoms with van der Waals surface area (Å²) in [6.07, 6.45) is -7.34. The highest BCUT2D eigenvalue weighted by Gasteiger charge is 2.48. The molecule has 3 aliphatic heterocycles. The van der Waals surface area contributed by atoms with Gasteiger partial charge in [0.1, 0.15) is 59.8 Å². The summed E-state index contributed by atoms with van der Waals surface area (Å²) in [6.45, 7) is 2.94. The van der Waals surface area contributed by atoms with Crippen molar-refractivity contribution in [1.29, 1.82) is 0 Å². The van der Waals surface area contributed by atoms with Gasteiger partial charge in [-0.3, -0.25) is 4.79 Å². The predicted molar refractivity (Wildman–Crippen MR) is 142 cm³/mol. The fraction of sp³-hybridized carbons (Fsp3) is 0.483. The Bertz CT molecular complexity index is 1540. The highest BCUT2D eigenvalue weighted by atomic mass is 16.7. The highest BCUT2D eigenvalue weighted by molar-refractivity contribution is 5.89. The van der Waals surface area contributed by atoms with E-state index in [1.165, 1.54) is 14.2 Å². The molecule has 3 aliphatic rings. The first-order chi connectivity index (χ1) is 19.6. The normalized spacial score (nSPS) is 26.9. The number of rotatable bonds is 6. The van der Waals surface area contributed by atoms with Crippen LogP contribution < -0.4 is 24.4 Å². The second kappa shape index (κ2) is 10.2. The minimum absolute atomic E-state index is 0.0443. The zero-order valence-corrected chi connectivity index (χ0v) is 22.9. The van der Waals surface area contributed by atoms with Crippen LogP contribution in [-0.4, -0.2) is 83.7 Å². The van der Waals surface area contributed by atoms with E-state index in [-0.39, 0.29) is 12.0 Å². The number of hydrogen-bond donors (Lipinski definition) is 4. The quantitative estimate of drug-likeness (QED) is 0.335. The van der Waals surface area contributed by atoms with Gasteiger partial charge in [0.25, 0.3) is 0 Å². The minimum atomic E-state index is -1.57. The molecule has 12 heteroatoms. The maximum atomic E-state index is 13.8. The molecule has 1 fully saturated rings. The van der Waals surface area contributed by atoms with Gasteiger partial charge in [-0.15, -0.1) is 0 Å². The van der Waals surface area contributed by atoms with Gasteiger partial charge in [0.2, 0.25) is 5.43 Å². The number of fused-ring (bicyclic) bond motifs is 6. The van der Waals surface area contributed by atoms with Crippen LogP contribution in [0.3, 0.4) is 0 Å². The predicted octanol–water partition coefficient (Wildman–Crippen LogP) is 1.27. The number of ether oxygens (including phenoxy) is 6. The van der Waals surface area contributed by atoms with Crippen molar-refractivity contribution in [2.75, 3.05) is 20.8 Å². The summed E-state index contributed by atoms with van der Waals surface area (Å²) in [5.74, 6) is 2.30. The van der Waals surface area contributed by atoms with Crippen LogP contribution in [0.4, 0.5) is 0 Å². The van der Waals surface area contributed by atoms with Crippen LogP contribution in [0.25, 0.3) is 22.1 Å². The smallest absolute Gasteiger partial charge is 0.201 e. The molecule has 1 aromatic heterocycles. The maximum Gasteiger partial charge on any atom is 0.201 e. The summed E-state index contributed by atoms with van der Waals surface area (Å²) < 4.78 is 40.8. The average molecular weight is 573 g/mol. The zero-order valence-electron chi connectivity index (χ0n) is 22.9. The zero-order chi connectivity index (χ0) is 29.2. The fourth-order valence-corrected chi connectivity index (χ4v) is 5.64. The van der Waals surface area contributed by atoms with Crippen LogP contribution >= 0.6 is 0 Å². The van der Waals surface area contributed by atoms with E-state index in [4.69, 9.17) is 32.8 Å². The third-order valence-electron chi connectivity index (χ3n) is 8.01. The molecule has 0 amide bonds. The molecular formula is C29H32O12. The standard InChI is InChI=1S/C29H32O12/c1-29(2,41-28-26(34)25(33)24(32)19(10-30)40-28)21-8-14-15(38-21)6-5-12-23(31)22-13-7-17(35-3)18(36-4)9-16(13)37-11-20(22)39-27(12)14/h5-7,9,19,21,24-26,28,30,32-34H,8,10-11H2,1-4H3. The van der Waals surface area contributed by atoms with Gasteiger partial charge >= 0.3 is 0 Å². The Morgan fingerprint density at radius 3 is 2.44 bits per heavy atom. The average Bonchev–Trinajstić information content (AvgIpc) is 3.42. The largest absolute Gasteiger partial charge is 0.493 e. The Morgan fingerprint density at radius 2 is 1.73 bits per heavy atom. The van der Waals surface area contributed by atoms with Gasteiger partial charge in [0.15, 0.2) is 23.5 Å². The molecule has 3 aromatic rings. The molecule has 2 aromatic carbocycles. The maximum absolute atomic E-state index is 13.8. The first-order valence-electron chi connectivity index (χ1n) is 13.2. The number of aliphatic hydroxyl groups excluding tert-OH is 4. The summed E-state index contributed by atoms with van der Waals surface area (Å²) in [6, 6.07) is 6.74. The lowest BCUT2D eigenvalue weighted by molar-refractivity contribution is -0.329. The Kier molecular flexibility index (Phi) is 6.88. The van der Waals surface area contributed by atoms with Crippen molar-refractivity contribution in [2.24, 2.45) is 0 Å². The van der Waals surface area contributed by atoms with Crippen molar-refractivity contribution in [3.8, 4) is 34.1 Å². The van der Waals surface area contributed by atoms with E-state index in [2.05, 4.69) is 0 Å². The SMILES string of the molecule is COc1cc2c(cc1OC)-c1c(oc3c4c(ccc3c1=O)OC(C(C)(C)OC1OC(CO)C(O)C(O)C1O)C4)CO2. The van der Waals surface area contributed by atoms with Crippen molar-refractivity contribution >= 4 is 11.0 Å². The number of hydrogen-bond acceptors (Lipinski definition) is 12. The number of aliphatic hydroxyl groups is 4. The van der Waals surface area contributed by atoms with Gasteiger partial charge in [0, 0.05) is 23.6 Å². The molecule has 0 bridgehead atoms. The summed E-state index contributed by atoms with van der Waals surface area (Å²) in [5, 5.41) is 40.6. The van der Waals surface area contributed by atoms with Gasteiger partial charge in [0.05, 0.1) is 31.8 Å². The molecular weight excluding hydrogens is 540 g/mol. The van der Waals surface area contributed by atoms with Crippen molar-refractivity contribution in [2.45, 2.75) is 69.3 Å². The molecule has 4 N–H and O–H groups in total. The molecule has 0 aliphatic carbocycles. The highest BCUT2D eigenvalue weighted by Crippen LogP contribution is 2.45. The van der Waals surface area contributed by atoms with E-state index in [1.807, 2.05) is 0 Å². The number of methoxy groups -OCH3 is 2. The van der Waals surface area contributed by atoms with Crippen LogP contribution in [-0.2, 0) is 22.5 Å². The summed E-state index contributed by atoms with van der Waals surface area (Å²) in [5.41, 5.74) is 0.692. The third kappa shape index (κ3) is 4.42. The van der Waals surface area contributed by atoms with Crippen molar-refractivity contribution in [3.63, 3.8) is 0 Å². The molecule has 0 radical (unpaired) electrons. The van der Waals surface area contributed by atoms with Crippen molar-refractivity contribution in [3.05, 3.63) is 45.8 Å². The molecule has 6 unspecified atom stereocenters. The Labute approximate surface area is 234 Å². The Morgan fingerprint density at radius 1 is 1.00 bits per heavy atom. The summed E-state index contributed by atoms with van der Waals surface area (Å²) in [7, 11) is 3.04. The van der Waals surface area contributed by atoms with Crippen LogP contribution in [0.15, 0.2) is 33.5 Å². The minimum Gasteiger partial charge on any atom is -0.493 e. The molecule has 1 saturated heterocycles. The van der Waals surface area contributed by atoms with E-state index in [0.29, 0.717) is 62.8 Å². The molecule has 41 heavy (non-hydrogen) atoms. The molecule has 6 atom stereocenters. The topological polar surface area (TPSA) is 167 Å².